The van der Waals surface area contributed by atoms with E-state index in [0.29, 0.717) is 6.54 Å². The van der Waals surface area contributed by atoms with Gasteiger partial charge in [-0.2, -0.15) is 0 Å². The third-order valence-electron chi connectivity index (χ3n) is 2.58. The lowest BCUT2D eigenvalue weighted by Gasteiger charge is -2.18. The number of nitrogens with one attached hydrogen (secondary N) is 2. The van der Waals surface area contributed by atoms with Gasteiger partial charge in [-0.3, -0.25) is 4.72 Å². The predicted octanol–water partition coefficient (Wildman–Crippen LogP) is 2.32. The Balaban J connectivity index is 2.92. The summed E-state index contributed by atoms with van der Waals surface area (Å²) in [5, 5.41) is 2.05. The minimum absolute atomic E-state index is 0.189. The first-order valence-corrected chi connectivity index (χ1v) is 7.77. The van der Waals surface area contributed by atoms with Crippen molar-refractivity contribution in [1.82, 2.24) is 5.32 Å². The zero-order valence-corrected chi connectivity index (χ0v) is 12.4. The molecule has 2 N–H and O–H groups in total. The first-order chi connectivity index (χ1) is 9.65. The standard InChI is InChI=1S/C12H17F3N2O3S/c1-3-16-8-9(2)21(18,19)17-10-6-4-5-7-11(10)20-12(13,14)15/h4-7,9,16-17H,3,8H2,1-2H3. The van der Waals surface area contributed by atoms with E-state index in [-0.39, 0.29) is 12.2 Å². The molecule has 0 heterocycles. The van der Waals surface area contributed by atoms with Gasteiger partial charge < -0.3 is 10.1 Å². The first-order valence-electron chi connectivity index (χ1n) is 6.23. The highest BCUT2D eigenvalue weighted by Gasteiger charge is 2.32. The predicted molar refractivity (Wildman–Crippen MR) is 73.7 cm³/mol. The molecular weight excluding hydrogens is 309 g/mol. The van der Waals surface area contributed by atoms with Crippen LogP contribution in [0.15, 0.2) is 24.3 Å². The molecule has 0 aliphatic carbocycles. The van der Waals surface area contributed by atoms with E-state index in [1.54, 1.807) is 0 Å². The molecule has 0 radical (unpaired) electrons. The maximum absolute atomic E-state index is 12.3. The van der Waals surface area contributed by atoms with Crippen molar-refractivity contribution < 1.29 is 26.3 Å². The van der Waals surface area contributed by atoms with E-state index in [1.165, 1.54) is 25.1 Å². The van der Waals surface area contributed by atoms with Crippen LogP contribution < -0.4 is 14.8 Å². The molecule has 0 aliphatic heterocycles. The van der Waals surface area contributed by atoms with Crippen LogP contribution in [0.2, 0.25) is 0 Å². The van der Waals surface area contributed by atoms with Crippen LogP contribution in [-0.4, -0.2) is 33.1 Å². The molecule has 1 unspecified atom stereocenters. The van der Waals surface area contributed by atoms with E-state index in [1.807, 2.05) is 6.92 Å². The number of rotatable bonds is 7. The maximum Gasteiger partial charge on any atom is 0.573 e. The number of ether oxygens (including phenoxy) is 1. The number of hydrogen-bond donors (Lipinski definition) is 2. The molecule has 120 valence electrons. The largest absolute Gasteiger partial charge is 0.573 e. The number of hydrogen-bond acceptors (Lipinski definition) is 4. The van der Waals surface area contributed by atoms with Gasteiger partial charge in [0.25, 0.3) is 0 Å². The van der Waals surface area contributed by atoms with Crippen LogP contribution in [0.1, 0.15) is 13.8 Å². The van der Waals surface area contributed by atoms with Crippen LogP contribution in [0.4, 0.5) is 18.9 Å². The molecule has 21 heavy (non-hydrogen) atoms. The summed E-state index contributed by atoms with van der Waals surface area (Å²) in [5.41, 5.74) is -0.252. The Hall–Kier alpha value is -1.48. The van der Waals surface area contributed by atoms with E-state index in [4.69, 9.17) is 0 Å². The molecule has 0 amide bonds. The molecule has 0 bridgehead atoms. The van der Waals surface area contributed by atoms with Crippen molar-refractivity contribution >= 4 is 15.7 Å². The Bertz CT molecular complexity index is 561. The summed E-state index contributed by atoms with van der Waals surface area (Å²) in [6.45, 7) is 4.05. The topological polar surface area (TPSA) is 67.4 Å². The van der Waals surface area contributed by atoms with Crippen LogP contribution >= 0.6 is 0 Å². The van der Waals surface area contributed by atoms with Gasteiger partial charge >= 0.3 is 6.36 Å². The molecule has 1 atom stereocenters. The second kappa shape index (κ2) is 6.99. The molecule has 0 saturated heterocycles. The van der Waals surface area contributed by atoms with E-state index in [9.17, 15) is 21.6 Å². The molecule has 0 spiro atoms. The Kier molecular flexibility index (Phi) is 5.85. The minimum Gasteiger partial charge on any atom is -0.404 e. The molecule has 1 aromatic rings. The Morgan fingerprint density at radius 1 is 1.29 bits per heavy atom. The quantitative estimate of drug-likeness (QED) is 0.807. The summed E-state index contributed by atoms with van der Waals surface area (Å²) in [6, 6.07) is 4.98. The first kappa shape index (κ1) is 17.6. The SMILES string of the molecule is CCNCC(C)S(=O)(=O)Nc1ccccc1OC(F)(F)F. The lowest BCUT2D eigenvalue weighted by molar-refractivity contribution is -0.274. The van der Waals surface area contributed by atoms with Gasteiger partial charge in [-0.15, -0.1) is 13.2 Å². The molecule has 0 aromatic heterocycles. The van der Waals surface area contributed by atoms with Gasteiger partial charge in [-0.25, -0.2) is 8.42 Å². The molecule has 5 nitrogen and oxygen atoms in total. The summed E-state index contributed by atoms with van der Waals surface area (Å²) in [6.07, 6.45) is -4.89. The molecule has 1 rings (SSSR count). The highest BCUT2D eigenvalue weighted by molar-refractivity contribution is 7.93. The number of para-hydroxylation sites is 2. The Morgan fingerprint density at radius 3 is 2.48 bits per heavy atom. The zero-order valence-electron chi connectivity index (χ0n) is 11.6. The van der Waals surface area contributed by atoms with Crippen molar-refractivity contribution in [3.8, 4) is 5.75 Å². The second-order valence-electron chi connectivity index (χ2n) is 4.31. The average Bonchev–Trinajstić information content (AvgIpc) is 2.36. The van der Waals surface area contributed by atoms with E-state index >= 15 is 0 Å². The fourth-order valence-corrected chi connectivity index (χ4v) is 2.49. The van der Waals surface area contributed by atoms with Crippen LogP contribution in [-0.2, 0) is 10.0 Å². The van der Waals surface area contributed by atoms with Crippen molar-refractivity contribution in [2.24, 2.45) is 0 Å². The lowest BCUT2D eigenvalue weighted by Crippen LogP contribution is -2.34. The van der Waals surface area contributed by atoms with Gasteiger partial charge in [0.05, 0.1) is 10.9 Å². The Morgan fingerprint density at radius 2 is 1.90 bits per heavy atom. The fourth-order valence-electron chi connectivity index (χ4n) is 1.48. The summed E-state index contributed by atoms with van der Waals surface area (Å²) in [5.74, 6) is -0.593. The highest BCUT2D eigenvalue weighted by atomic mass is 32.2. The van der Waals surface area contributed by atoms with Gasteiger partial charge in [-0.1, -0.05) is 19.1 Å². The van der Waals surface area contributed by atoms with Gasteiger partial charge in [0, 0.05) is 6.54 Å². The summed E-state index contributed by atoms with van der Waals surface area (Å²) in [7, 11) is -3.82. The molecule has 0 aliphatic rings. The maximum atomic E-state index is 12.3. The lowest BCUT2D eigenvalue weighted by atomic mass is 10.3. The zero-order chi connectivity index (χ0) is 16.1. The van der Waals surface area contributed by atoms with Crippen LogP contribution in [0.5, 0.6) is 5.75 Å². The van der Waals surface area contributed by atoms with Crippen LogP contribution in [0, 0.1) is 0 Å². The van der Waals surface area contributed by atoms with Crippen molar-refractivity contribution in [3.05, 3.63) is 24.3 Å². The van der Waals surface area contributed by atoms with Gasteiger partial charge in [-0.05, 0) is 25.6 Å². The number of halogens is 3. The van der Waals surface area contributed by atoms with E-state index in [0.717, 1.165) is 6.07 Å². The summed E-state index contributed by atoms with van der Waals surface area (Å²) >= 11 is 0. The second-order valence-corrected chi connectivity index (χ2v) is 6.41. The molecule has 9 heteroatoms. The van der Waals surface area contributed by atoms with Gasteiger partial charge in [0.15, 0.2) is 5.75 Å². The van der Waals surface area contributed by atoms with Crippen LogP contribution in [0.3, 0.4) is 0 Å². The molecule has 1 aromatic carbocycles. The van der Waals surface area contributed by atoms with Crippen molar-refractivity contribution in [2.75, 3.05) is 17.8 Å². The number of sulfonamides is 1. The average molecular weight is 326 g/mol. The van der Waals surface area contributed by atoms with Crippen molar-refractivity contribution in [2.45, 2.75) is 25.5 Å². The Labute approximate surface area is 121 Å². The third-order valence-corrected chi connectivity index (χ3v) is 4.31. The van der Waals surface area contributed by atoms with Crippen LogP contribution in [0.25, 0.3) is 0 Å². The van der Waals surface area contributed by atoms with Gasteiger partial charge in [0.1, 0.15) is 0 Å². The molecule has 0 fully saturated rings. The number of benzene rings is 1. The number of anilines is 1. The fraction of sp³-hybridized carbons (Fsp3) is 0.500. The highest BCUT2D eigenvalue weighted by Crippen LogP contribution is 2.30. The monoisotopic (exact) mass is 326 g/mol. The van der Waals surface area contributed by atoms with Gasteiger partial charge in [0.2, 0.25) is 10.0 Å². The van der Waals surface area contributed by atoms with Crippen molar-refractivity contribution in [3.63, 3.8) is 0 Å². The normalized spacial score (nSPS) is 13.8. The molecule has 0 saturated carbocycles. The van der Waals surface area contributed by atoms with Crippen molar-refractivity contribution in [1.29, 1.82) is 0 Å². The summed E-state index contributed by atoms with van der Waals surface area (Å²) < 4.78 is 66.8. The molecular formula is C12H17F3N2O3S. The summed E-state index contributed by atoms with van der Waals surface area (Å²) in [4.78, 5) is 0. The van der Waals surface area contributed by atoms with E-state index in [2.05, 4.69) is 14.8 Å². The smallest absolute Gasteiger partial charge is 0.404 e. The minimum atomic E-state index is -4.89. The third kappa shape index (κ3) is 5.80. The van der Waals surface area contributed by atoms with E-state index < -0.39 is 27.4 Å². The number of alkyl halides is 3.